The van der Waals surface area contributed by atoms with Gasteiger partial charge in [-0.25, -0.2) is 8.42 Å². The Bertz CT molecular complexity index is 1290. The molecule has 4 aromatic rings. The second-order valence-electron chi connectivity index (χ2n) is 6.89. The molecule has 1 aliphatic rings. The fourth-order valence-corrected chi connectivity index (χ4v) is 4.72. The predicted octanol–water partition coefficient (Wildman–Crippen LogP) is 3.85. The standard InChI is InChI=1S/C21H18N4O2S/c26-28(27,19-11-10-15-5-1-2-6-16(15)14-19)24-18-8-3-7-17(13-18)21-23-22-20-9-4-12-25(20)21/h1-3,5-8,10-11,13-14,24H,4,9,12H2. The summed E-state index contributed by atoms with van der Waals surface area (Å²) in [5, 5.41) is 10.4. The maximum absolute atomic E-state index is 12.9. The number of rotatable bonds is 4. The van der Waals surface area contributed by atoms with Gasteiger partial charge in [-0.15, -0.1) is 10.2 Å². The first-order chi connectivity index (χ1) is 13.6. The summed E-state index contributed by atoms with van der Waals surface area (Å²) in [5.74, 6) is 1.76. The molecule has 3 aromatic carbocycles. The van der Waals surface area contributed by atoms with Crippen molar-refractivity contribution >= 4 is 26.5 Å². The van der Waals surface area contributed by atoms with Crippen LogP contribution in [-0.2, 0) is 23.0 Å². The number of benzene rings is 3. The first kappa shape index (κ1) is 16.9. The van der Waals surface area contributed by atoms with E-state index in [2.05, 4.69) is 19.5 Å². The molecule has 1 N–H and O–H groups in total. The van der Waals surface area contributed by atoms with Crippen molar-refractivity contribution in [3.05, 3.63) is 72.6 Å². The van der Waals surface area contributed by atoms with Gasteiger partial charge in [-0.05, 0) is 41.5 Å². The van der Waals surface area contributed by atoms with Crippen molar-refractivity contribution in [3.63, 3.8) is 0 Å². The summed E-state index contributed by atoms with van der Waals surface area (Å²) in [5.41, 5.74) is 1.35. The SMILES string of the molecule is O=S(=O)(Nc1cccc(-c2nnc3n2CCC3)c1)c1ccc2ccccc2c1. The van der Waals surface area contributed by atoms with Gasteiger partial charge in [-0.3, -0.25) is 4.72 Å². The molecular weight excluding hydrogens is 372 g/mol. The van der Waals surface area contributed by atoms with E-state index in [-0.39, 0.29) is 4.90 Å². The molecule has 0 unspecified atom stereocenters. The highest BCUT2D eigenvalue weighted by Gasteiger charge is 2.19. The van der Waals surface area contributed by atoms with Crippen LogP contribution in [0.2, 0.25) is 0 Å². The second-order valence-corrected chi connectivity index (χ2v) is 8.57. The van der Waals surface area contributed by atoms with Crippen molar-refractivity contribution in [3.8, 4) is 11.4 Å². The molecule has 0 fully saturated rings. The number of hydrogen-bond donors (Lipinski definition) is 1. The van der Waals surface area contributed by atoms with Gasteiger partial charge in [0.2, 0.25) is 0 Å². The van der Waals surface area contributed by atoms with Gasteiger partial charge in [-0.2, -0.15) is 0 Å². The molecule has 7 heteroatoms. The van der Waals surface area contributed by atoms with E-state index in [1.54, 1.807) is 24.3 Å². The lowest BCUT2D eigenvalue weighted by Gasteiger charge is -2.10. The zero-order chi connectivity index (χ0) is 19.1. The van der Waals surface area contributed by atoms with E-state index in [9.17, 15) is 8.42 Å². The van der Waals surface area contributed by atoms with E-state index in [1.807, 2.05) is 42.5 Å². The maximum atomic E-state index is 12.9. The van der Waals surface area contributed by atoms with Crippen LogP contribution in [0.1, 0.15) is 12.2 Å². The van der Waals surface area contributed by atoms with E-state index in [0.29, 0.717) is 5.69 Å². The fraction of sp³-hybridized carbons (Fsp3) is 0.143. The van der Waals surface area contributed by atoms with Gasteiger partial charge >= 0.3 is 0 Å². The van der Waals surface area contributed by atoms with E-state index >= 15 is 0 Å². The topological polar surface area (TPSA) is 76.9 Å². The summed E-state index contributed by atoms with van der Waals surface area (Å²) in [6.45, 7) is 0.894. The Balaban J connectivity index is 1.48. The predicted molar refractivity (Wildman–Crippen MR) is 109 cm³/mol. The summed E-state index contributed by atoms with van der Waals surface area (Å²) in [6, 6.07) is 20.1. The average Bonchev–Trinajstić information content (AvgIpc) is 3.31. The highest BCUT2D eigenvalue weighted by molar-refractivity contribution is 7.92. The summed E-state index contributed by atoms with van der Waals surface area (Å²) < 4.78 is 30.6. The van der Waals surface area contributed by atoms with Crippen molar-refractivity contribution < 1.29 is 8.42 Å². The van der Waals surface area contributed by atoms with Crippen LogP contribution in [0.5, 0.6) is 0 Å². The Labute approximate surface area is 162 Å². The molecule has 28 heavy (non-hydrogen) atoms. The highest BCUT2D eigenvalue weighted by atomic mass is 32.2. The summed E-state index contributed by atoms with van der Waals surface area (Å²) in [6.07, 6.45) is 1.99. The van der Waals surface area contributed by atoms with Crippen LogP contribution >= 0.6 is 0 Å². The summed E-state index contributed by atoms with van der Waals surface area (Å²) in [7, 11) is -3.69. The maximum Gasteiger partial charge on any atom is 0.261 e. The lowest BCUT2D eigenvalue weighted by molar-refractivity contribution is 0.601. The van der Waals surface area contributed by atoms with Crippen LogP contribution in [0.3, 0.4) is 0 Å². The van der Waals surface area contributed by atoms with Gasteiger partial charge in [0.15, 0.2) is 5.82 Å². The minimum atomic E-state index is -3.69. The molecule has 6 nitrogen and oxygen atoms in total. The van der Waals surface area contributed by atoms with Crippen molar-refractivity contribution in [2.24, 2.45) is 0 Å². The lowest BCUT2D eigenvalue weighted by Crippen LogP contribution is -2.13. The molecule has 0 aliphatic carbocycles. The molecule has 5 rings (SSSR count). The van der Waals surface area contributed by atoms with Crippen molar-refractivity contribution in [2.75, 3.05) is 4.72 Å². The number of nitrogens with zero attached hydrogens (tertiary/aromatic N) is 3. The number of anilines is 1. The number of aromatic nitrogens is 3. The molecule has 0 spiro atoms. The lowest BCUT2D eigenvalue weighted by atomic mass is 10.1. The molecule has 1 aromatic heterocycles. The Kier molecular flexibility index (Phi) is 3.91. The number of hydrogen-bond acceptors (Lipinski definition) is 4. The minimum Gasteiger partial charge on any atom is -0.311 e. The monoisotopic (exact) mass is 390 g/mol. The van der Waals surface area contributed by atoms with Gasteiger partial charge in [0.05, 0.1) is 4.90 Å². The minimum absolute atomic E-state index is 0.236. The molecule has 0 bridgehead atoms. The summed E-state index contributed by atoms with van der Waals surface area (Å²) in [4.78, 5) is 0.236. The van der Waals surface area contributed by atoms with E-state index in [1.165, 1.54) is 0 Å². The van der Waals surface area contributed by atoms with Crippen LogP contribution in [0.15, 0.2) is 71.6 Å². The Morgan fingerprint density at radius 3 is 2.64 bits per heavy atom. The first-order valence-electron chi connectivity index (χ1n) is 9.14. The third-order valence-electron chi connectivity index (χ3n) is 5.01. The zero-order valence-corrected chi connectivity index (χ0v) is 15.9. The van der Waals surface area contributed by atoms with Crippen LogP contribution in [0.25, 0.3) is 22.2 Å². The van der Waals surface area contributed by atoms with E-state index in [4.69, 9.17) is 0 Å². The molecule has 0 radical (unpaired) electrons. The van der Waals surface area contributed by atoms with Gasteiger partial charge in [0, 0.05) is 24.2 Å². The highest BCUT2D eigenvalue weighted by Crippen LogP contribution is 2.27. The van der Waals surface area contributed by atoms with Crippen LogP contribution in [0.4, 0.5) is 5.69 Å². The Morgan fingerprint density at radius 2 is 1.75 bits per heavy atom. The quantitative estimate of drug-likeness (QED) is 0.574. The number of aryl methyl sites for hydroxylation is 1. The van der Waals surface area contributed by atoms with E-state index < -0.39 is 10.0 Å². The van der Waals surface area contributed by atoms with Gasteiger partial charge < -0.3 is 4.57 Å². The number of sulfonamides is 1. The zero-order valence-electron chi connectivity index (χ0n) is 15.0. The van der Waals surface area contributed by atoms with Gasteiger partial charge in [0.25, 0.3) is 10.0 Å². The van der Waals surface area contributed by atoms with Crippen molar-refractivity contribution in [1.82, 2.24) is 14.8 Å². The normalized spacial score (nSPS) is 13.6. The fourth-order valence-electron chi connectivity index (χ4n) is 3.63. The van der Waals surface area contributed by atoms with Crippen molar-refractivity contribution in [2.45, 2.75) is 24.3 Å². The van der Waals surface area contributed by atoms with Crippen LogP contribution < -0.4 is 4.72 Å². The largest absolute Gasteiger partial charge is 0.311 e. The third kappa shape index (κ3) is 2.93. The van der Waals surface area contributed by atoms with Crippen molar-refractivity contribution in [1.29, 1.82) is 0 Å². The van der Waals surface area contributed by atoms with Crippen LogP contribution in [-0.4, -0.2) is 23.2 Å². The van der Waals surface area contributed by atoms with Gasteiger partial charge in [0.1, 0.15) is 5.82 Å². The Hall–Kier alpha value is -3.19. The van der Waals surface area contributed by atoms with Gasteiger partial charge in [-0.1, -0.05) is 42.5 Å². The molecule has 0 amide bonds. The number of nitrogens with one attached hydrogen (secondary N) is 1. The first-order valence-corrected chi connectivity index (χ1v) is 10.6. The molecule has 2 heterocycles. The average molecular weight is 390 g/mol. The molecule has 140 valence electrons. The second kappa shape index (κ2) is 6.45. The molecule has 0 atom stereocenters. The smallest absolute Gasteiger partial charge is 0.261 e. The molecule has 0 saturated carbocycles. The molecular formula is C21H18N4O2S. The Morgan fingerprint density at radius 1 is 0.893 bits per heavy atom. The van der Waals surface area contributed by atoms with Crippen LogP contribution in [0, 0.1) is 0 Å². The molecule has 1 aliphatic heterocycles. The summed E-state index contributed by atoms with van der Waals surface area (Å²) >= 11 is 0. The third-order valence-corrected chi connectivity index (χ3v) is 6.39. The van der Waals surface area contributed by atoms with E-state index in [0.717, 1.165) is 47.4 Å². The molecule has 0 saturated heterocycles. The number of fused-ring (bicyclic) bond motifs is 2.